The van der Waals surface area contributed by atoms with Gasteiger partial charge in [0.05, 0.1) is 49.4 Å². The highest BCUT2D eigenvalue weighted by molar-refractivity contribution is 5.86. The molecule has 0 spiro atoms. The van der Waals surface area contributed by atoms with Crippen LogP contribution < -0.4 is 10.8 Å². The Kier molecular flexibility index (Phi) is 17.4. The fourth-order valence-corrected chi connectivity index (χ4v) is 12.2. The fraction of sp³-hybridized carbons (Fsp3) is 0.894. The Hall–Kier alpha value is -2.73. The van der Waals surface area contributed by atoms with Gasteiger partial charge in [-0.05, 0) is 151 Å². The number of ether oxygens (including phenoxy) is 2. The number of carbonyl (C=O) groups excluding carboxylic acids is 3. The van der Waals surface area contributed by atoms with Gasteiger partial charge in [0.2, 0.25) is 5.91 Å². The van der Waals surface area contributed by atoms with Crippen molar-refractivity contribution < 1.29 is 48.5 Å². The van der Waals surface area contributed by atoms with E-state index in [2.05, 4.69) is 24.6 Å². The summed E-state index contributed by atoms with van der Waals surface area (Å²) in [6.45, 7) is 5.64. The van der Waals surface area contributed by atoms with Crippen molar-refractivity contribution >= 4 is 29.8 Å². The van der Waals surface area contributed by atoms with Crippen molar-refractivity contribution in [3.63, 3.8) is 0 Å². The second-order valence-corrected chi connectivity index (χ2v) is 20.2. The van der Waals surface area contributed by atoms with Crippen LogP contribution in [0.1, 0.15) is 162 Å². The van der Waals surface area contributed by atoms with Gasteiger partial charge in [-0.25, -0.2) is 0 Å². The maximum Gasteiger partial charge on any atom is 0.308 e. The van der Waals surface area contributed by atoms with E-state index < -0.39 is 35.6 Å². The summed E-state index contributed by atoms with van der Waals surface area (Å²) in [4.78, 5) is 70.1. The summed E-state index contributed by atoms with van der Waals surface area (Å²) >= 11 is 0. The summed E-state index contributed by atoms with van der Waals surface area (Å²) in [5.41, 5.74) is 3.30. The Bertz CT molecular complexity index is 1400. The number of aliphatic carboxylic acids is 2. The quantitative estimate of drug-likeness (QED) is 0.0873. The maximum absolute atomic E-state index is 13.7. The zero-order valence-electron chi connectivity index (χ0n) is 36.1. The summed E-state index contributed by atoms with van der Waals surface area (Å²) in [5.74, 6) is -2.73. The number of nitrogens with one attached hydrogen (secondary N) is 2. The topological polar surface area (TPSA) is 178 Å². The molecule has 0 radical (unpaired) electrons. The third kappa shape index (κ3) is 13.1. The average Bonchev–Trinajstić information content (AvgIpc) is 3.24. The minimum absolute atomic E-state index is 0.00445. The molecular weight excluding hydrogens is 753 g/mol. The molecule has 1 amide bonds. The molecule has 12 unspecified atom stereocenters. The third-order valence-electron chi connectivity index (χ3n) is 15.9. The van der Waals surface area contributed by atoms with Crippen LogP contribution in [0.2, 0.25) is 0 Å². The monoisotopic (exact) mass is 829 g/mol. The molecule has 4 N–H and O–H groups in total. The van der Waals surface area contributed by atoms with Crippen molar-refractivity contribution in [2.24, 2.45) is 71.0 Å². The standard InChI is InChI=1S/C47H76N2O10/c1-29-21-33(13-19-41(29)48-43(50)40-25-36(16-18-39(40)45(53)54)47(56)58-27-32-11-7-4-8-12-32)23-34-14-20-42(30(2)22-34)49-59-28-37-24-35(15-17-38(37)44(51)52)46(55)57-26-31-9-5-3-6-10-31/h29-42,49H,3-28H2,1-2H3,(H,48,50)(H,51,52)(H,53,54). The molecule has 12 atom stereocenters. The lowest BCUT2D eigenvalue weighted by Gasteiger charge is -2.40. The average molecular weight is 829 g/mol. The molecule has 12 nitrogen and oxygen atoms in total. The molecule has 6 aliphatic carbocycles. The Morgan fingerprint density at radius 3 is 1.54 bits per heavy atom. The highest BCUT2D eigenvalue weighted by atomic mass is 16.6. The Morgan fingerprint density at radius 2 is 1.02 bits per heavy atom. The molecule has 0 aliphatic heterocycles. The molecule has 0 aromatic carbocycles. The van der Waals surface area contributed by atoms with Gasteiger partial charge in [-0.1, -0.05) is 52.4 Å². The van der Waals surface area contributed by atoms with Crippen molar-refractivity contribution in [1.82, 2.24) is 10.8 Å². The van der Waals surface area contributed by atoms with Crippen LogP contribution in [0.25, 0.3) is 0 Å². The van der Waals surface area contributed by atoms with E-state index in [1.54, 1.807) is 0 Å². The van der Waals surface area contributed by atoms with E-state index in [1.165, 1.54) is 38.5 Å². The van der Waals surface area contributed by atoms with Crippen LogP contribution in [0, 0.1) is 71.0 Å². The summed E-state index contributed by atoms with van der Waals surface area (Å²) in [6.07, 6.45) is 21.4. The van der Waals surface area contributed by atoms with Gasteiger partial charge in [-0.2, -0.15) is 5.48 Å². The Balaban J connectivity index is 0.896. The number of rotatable bonds is 16. The zero-order chi connectivity index (χ0) is 41.9. The number of carbonyl (C=O) groups is 5. The van der Waals surface area contributed by atoms with E-state index in [1.807, 2.05) is 0 Å². The van der Waals surface area contributed by atoms with Crippen LogP contribution >= 0.6 is 0 Å². The number of carboxylic acid groups (broad SMARTS) is 2. The van der Waals surface area contributed by atoms with Gasteiger partial charge < -0.3 is 29.8 Å². The number of amides is 1. The first-order valence-corrected chi connectivity index (χ1v) is 23.9. The molecule has 6 aliphatic rings. The van der Waals surface area contributed by atoms with Gasteiger partial charge >= 0.3 is 23.9 Å². The molecule has 6 fully saturated rings. The smallest absolute Gasteiger partial charge is 0.308 e. The summed E-state index contributed by atoms with van der Waals surface area (Å²) in [7, 11) is 0. The van der Waals surface area contributed by atoms with Crippen LogP contribution in [0.4, 0.5) is 0 Å². The minimum atomic E-state index is -0.963. The minimum Gasteiger partial charge on any atom is -0.481 e. The number of hydrogen-bond donors (Lipinski definition) is 4. The van der Waals surface area contributed by atoms with Gasteiger partial charge in [-0.3, -0.25) is 24.0 Å². The van der Waals surface area contributed by atoms with E-state index in [-0.39, 0.29) is 60.7 Å². The first kappa shape index (κ1) is 45.8. The molecule has 0 heterocycles. The Labute approximate surface area is 352 Å². The van der Waals surface area contributed by atoms with Gasteiger partial charge in [-0.15, -0.1) is 0 Å². The van der Waals surface area contributed by atoms with E-state index in [0.29, 0.717) is 74.9 Å². The van der Waals surface area contributed by atoms with Crippen LogP contribution in [0.5, 0.6) is 0 Å². The van der Waals surface area contributed by atoms with Crippen LogP contribution in [-0.2, 0) is 38.3 Å². The molecule has 6 saturated carbocycles. The third-order valence-corrected chi connectivity index (χ3v) is 15.9. The molecule has 0 aromatic rings. The first-order valence-electron chi connectivity index (χ1n) is 23.9. The Morgan fingerprint density at radius 1 is 0.508 bits per heavy atom. The number of carboxylic acids is 2. The second-order valence-electron chi connectivity index (χ2n) is 20.2. The number of esters is 2. The van der Waals surface area contributed by atoms with Crippen molar-refractivity contribution in [3.05, 3.63) is 0 Å². The largest absolute Gasteiger partial charge is 0.481 e. The fourth-order valence-electron chi connectivity index (χ4n) is 12.2. The second kappa shape index (κ2) is 22.4. The van der Waals surface area contributed by atoms with E-state index in [9.17, 15) is 34.2 Å². The van der Waals surface area contributed by atoms with Gasteiger partial charge in [0.25, 0.3) is 0 Å². The summed E-state index contributed by atoms with van der Waals surface area (Å²) < 4.78 is 11.5. The highest BCUT2D eigenvalue weighted by Crippen LogP contribution is 2.41. The van der Waals surface area contributed by atoms with Crippen molar-refractivity contribution in [2.45, 2.75) is 174 Å². The maximum atomic E-state index is 13.7. The van der Waals surface area contributed by atoms with Crippen LogP contribution in [0.15, 0.2) is 0 Å². The molecule has 334 valence electrons. The van der Waals surface area contributed by atoms with Crippen molar-refractivity contribution in [3.8, 4) is 0 Å². The normalized spacial score (nSPS) is 36.2. The molecule has 12 heteroatoms. The van der Waals surface area contributed by atoms with Gasteiger partial charge in [0.1, 0.15) is 0 Å². The molecule has 0 aromatic heterocycles. The number of hydroxylamine groups is 1. The van der Waals surface area contributed by atoms with Gasteiger partial charge in [0, 0.05) is 12.1 Å². The predicted molar refractivity (Wildman–Crippen MR) is 221 cm³/mol. The van der Waals surface area contributed by atoms with Crippen molar-refractivity contribution in [2.75, 3.05) is 19.8 Å². The van der Waals surface area contributed by atoms with Crippen LogP contribution in [0.3, 0.4) is 0 Å². The van der Waals surface area contributed by atoms with Crippen LogP contribution in [-0.4, -0.2) is 71.9 Å². The lowest BCUT2D eigenvalue weighted by Crippen LogP contribution is -2.49. The SMILES string of the molecule is CC1CC(CC2CCC(NC(=O)C3CC(C(=O)OCC4CCCCC4)CCC3C(=O)O)C(C)C2)CCC1NOCC1CC(C(=O)OCC2CCCCC2)CCC1C(=O)O. The molecule has 0 saturated heterocycles. The molecule has 59 heavy (non-hydrogen) atoms. The molecular formula is C47H76N2O10. The molecule has 6 rings (SSSR count). The van der Waals surface area contributed by atoms with E-state index in [4.69, 9.17) is 14.3 Å². The lowest BCUT2D eigenvalue weighted by atomic mass is 9.70. The highest BCUT2D eigenvalue weighted by Gasteiger charge is 2.44. The predicted octanol–water partition coefficient (Wildman–Crippen LogP) is 8.10. The zero-order valence-corrected chi connectivity index (χ0v) is 36.1. The van der Waals surface area contributed by atoms with Crippen molar-refractivity contribution in [1.29, 1.82) is 0 Å². The number of hydrogen-bond acceptors (Lipinski definition) is 9. The molecule has 0 bridgehead atoms. The van der Waals surface area contributed by atoms with E-state index in [0.717, 1.165) is 70.6 Å². The summed E-state index contributed by atoms with van der Waals surface area (Å²) in [5, 5.41) is 23.2. The summed E-state index contributed by atoms with van der Waals surface area (Å²) in [6, 6.07) is 0.183. The van der Waals surface area contributed by atoms with Gasteiger partial charge in [0.15, 0.2) is 0 Å². The first-order chi connectivity index (χ1) is 28.4. The van der Waals surface area contributed by atoms with E-state index >= 15 is 0 Å². The lowest BCUT2D eigenvalue weighted by molar-refractivity contribution is -0.158.